The van der Waals surface area contributed by atoms with Crippen molar-refractivity contribution in [3.63, 3.8) is 0 Å². The van der Waals surface area contributed by atoms with Crippen LogP contribution in [0.15, 0.2) is 23.0 Å². The monoisotopic (exact) mass is 489 g/mol. The van der Waals surface area contributed by atoms with Gasteiger partial charge in [-0.15, -0.1) is 0 Å². The van der Waals surface area contributed by atoms with Crippen LogP contribution in [-0.4, -0.2) is 65.4 Å². The summed E-state index contributed by atoms with van der Waals surface area (Å²) < 4.78 is 30.8. The van der Waals surface area contributed by atoms with Gasteiger partial charge in [0.25, 0.3) is 11.5 Å². The van der Waals surface area contributed by atoms with Gasteiger partial charge < -0.3 is 9.64 Å². The molecule has 10 heteroatoms. The lowest BCUT2D eigenvalue weighted by Gasteiger charge is -2.29. The van der Waals surface area contributed by atoms with Gasteiger partial charge in [0.15, 0.2) is 16.4 Å². The minimum absolute atomic E-state index is 0.0599. The number of rotatable bonds is 6. The van der Waals surface area contributed by atoms with E-state index in [1.165, 1.54) is 17.0 Å². The average molecular weight is 490 g/mol. The fourth-order valence-corrected chi connectivity index (χ4v) is 6.44. The second-order valence-electron chi connectivity index (χ2n) is 9.60. The number of aromatic nitrogens is 2. The Morgan fingerprint density at radius 1 is 1.24 bits per heavy atom. The minimum atomic E-state index is -3.15. The quantitative estimate of drug-likeness (QED) is 0.570. The molecule has 0 saturated carbocycles. The van der Waals surface area contributed by atoms with Crippen LogP contribution in [0.5, 0.6) is 0 Å². The molecule has 9 nitrogen and oxygen atoms in total. The molecule has 2 aliphatic rings. The van der Waals surface area contributed by atoms with Gasteiger partial charge in [-0.1, -0.05) is 20.3 Å². The highest BCUT2D eigenvalue weighted by atomic mass is 32.2. The van der Waals surface area contributed by atoms with Crippen molar-refractivity contribution < 1.29 is 22.7 Å². The van der Waals surface area contributed by atoms with Crippen molar-refractivity contribution in [3.8, 4) is 0 Å². The first kappa shape index (κ1) is 24.4. The molecular formula is C24H31N3O6S. The maximum absolute atomic E-state index is 12.9. The maximum atomic E-state index is 12.9. The van der Waals surface area contributed by atoms with E-state index in [-0.39, 0.29) is 28.5 Å². The van der Waals surface area contributed by atoms with Gasteiger partial charge in [-0.2, -0.15) is 0 Å². The van der Waals surface area contributed by atoms with Gasteiger partial charge >= 0.3 is 5.97 Å². The molecule has 1 saturated heterocycles. The Kier molecular flexibility index (Phi) is 7.06. The smallest absolute Gasteiger partial charge is 0.338 e. The van der Waals surface area contributed by atoms with Crippen molar-refractivity contribution >= 4 is 32.6 Å². The lowest BCUT2D eigenvalue weighted by molar-refractivity contribution is -0.137. The molecule has 184 valence electrons. The number of aryl methyl sites for hydroxylation is 1. The molecule has 4 rings (SSSR count). The number of carbonyl (C=O) groups excluding carboxylic acids is 2. The van der Waals surface area contributed by atoms with E-state index >= 15 is 0 Å². The van der Waals surface area contributed by atoms with E-state index < -0.39 is 34.4 Å². The Labute approximate surface area is 199 Å². The van der Waals surface area contributed by atoms with Crippen molar-refractivity contribution in [1.29, 1.82) is 0 Å². The summed E-state index contributed by atoms with van der Waals surface area (Å²) in [5.74, 6) is -0.222. The van der Waals surface area contributed by atoms with Crippen LogP contribution in [0.3, 0.4) is 0 Å². The van der Waals surface area contributed by atoms with Gasteiger partial charge in [0.1, 0.15) is 5.82 Å². The van der Waals surface area contributed by atoms with Gasteiger partial charge in [-0.05, 0) is 43.4 Å². The third-order valence-corrected chi connectivity index (χ3v) is 8.16. The summed E-state index contributed by atoms with van der Waals surface area (Å²) in [7, 11) is -3.15. The Morgan fingerprint density at radius 3 is 2.74 bits per heavy atom. The average Bonchev–Trinajstić information content (AvgIpc) is 2.99. The summed E-state index contributed by atoms with van der Waals surface area (Å²) in [6.07, 6.45) is 4.07. The highest BCUT2D eigenvalue weighted by molar-refractivity contribution is 7.91. The van der Waals surface area contributed by atoms with Gasteiger partial charge in [-0.25, -0.2) is 18.2 Å². The summed E-state index contributed by atoms with van der Waals surface area (Å²) in [5.41, 5.74) is 0.550. The van der Waals surface area contributed by atoms with Crippen LogP contribution < -0.4 is 5.56 Å². The summed E-state index contributed by atoms with van der Waals surface area (Å²) >= 11 is 0. The molecule has 1 aromatic carbocycles. The molecule has 0 N–H and O–H groups in total. The molecule has 1 atom stereocenters. The number of benzene rings is 1. The molecule has 0 spiro atoms. The molecule has 1 amide bonds. The Hall–Kier alpha value is -2.75. The number of fused-ring (bicyclic) bond motifs is 2. The molecule has 1 aromatic heterocycles. The minimum Gasteiger partial charge on any atom is -0.452 e. The number of sulfone groups is 1. The molecule has 0 aliphatic carbocycles. The Morgan fingerprint density at radius 2 is 2.03 bits per heavy atom. The predicted octanol–water partition coefficient (Wildman–Crippen LogP) is 1.95. The van der Waals surface area contributed by atoms with Crippen LogP contribution in [-0.2, 0) is 32.3 Å². The molecule has 2 aromatic rings. The molecule has 34 heavy (non-hydrogen) atoms. The summed E-state index contributed by atoms with van der Waals surface area (Å²) in [4.78, 5) is 44.6. The first-order chi connectivity index (χ1) is 16.1. The summed E-state index contributed by atoms with van der Waals surface area (Å²) in [6, 6.07) is 4.23. The number of nitrogens with zero attached hydrogens (tertiary/aromatic N) is 3. The third-order valence-electron chi connectivity index (χ3n) is 6.41. The zero-order valence-electron chi connectivity index (χ0n) is 19.7. The fraction of sp³-hybridized carbons (Fsp3) is 0.583. The largest absolute Gasteiger partial charge is 0.452 e. The second kappa shape index (κ2) is 9.85. The van der Waals surface area contributed by atoms with Crippen LogP contribution in [0.4, 0.5) is 0 Å². The van der Waals surface area contributed by atoms with Crippen molar-refractivity contribution in [3.05, 3.63) is 39.9 Å². The van der Waals surface area contributed by atoms with E-state index in [2.05, 4.69) is 4.98 Å². The first-order valence-electron chi connectivity index (χ1n) is 11.8. The first-order valence-corrected chi connectivity index (χ1v) is 13.7. The van der Waals surface area contributed by atoms with E-state index in [0.29, 0.717) is 30.4 Å². The van der Waals surface area contributed by atoms with E-state index in [1.807, 2.05) is 13.8 Å². The van der Waals surface area contributed by atoms with Crippen molar-refractivity contribution in [2.24, 2.45) is 5.92 Å². The van der Waals surface area contributed by atoms with Crippen molar-refractivity contribution in [2.75, 3.05) is 24.7 Å². The van der Waals surface area contributed by atoms with E-state index in [1.54, 1.807) is 10.6 Å². The molecule has 3 heterocycles. The molecule has 0 bridgehead atoms. The number of amides is 1. The number of carbonyl (C=O) groups is 2. The highest BCUT2D eigenvalue weighted by Gasteiger charge is 2.35. The lowest BCUT2D eigenvalue weighted by atomic mass is 10.1. The maximum Gasteiger partial charge on any atom is 0.338 e. The highest BCUT2D eigenvalue weighted by Crippen LogP contribution is 2.20. The molecule has 1 unspecified atom stereocenters. The Bertz CT molecular complexity index is 1270. The zero-order chi connectivity index (χ0) is 24.5. The molecular weight excluding hydrogens is 458 g/mol. The SMILES string of the molecule is CC(C)CN(C(=O)COC(=O)c1ccc2c(=O)n3c(nc2c1)CCCCC3)C1CCS(=O)(=O)C1. The van der Waals surface area contributed by atoms with Gasteiger partial charge in [0.05, 0.1) is 28.0 Å². The second-order valence-corrected chi connectivity index (χ2v) is 11.8. The number of hydrogen-bond donors (Lipinski definition) is 0. The van der Waals surface area contributed by atoms with Crippen molar-refractivity contribution in [2.45, 2.75) is 58.5 Å². The topological polar surface area (TPSA) is 116 Å². The van der Waals surface area contributed by atoms with E-state index in [4.69, 9.17) is 4.74 Å². The van der Waals surface area contributed by atoms with Crippen LogP contribution in [0, 0.1) is 5.92 Å². The van der Waals surface area contributed by atoms with Gasteiger partial charge in [0, 0.05) is 25.6 Å². The normalized spacial score (nSPS) is 19.6. The molecule has 2 aliphatic heterocycles. The van der Waals surface area contributed by atoms with Crippen LogP contribution in [0.25, 0.3) is 10.9 Å². The van der Waals surface area contributed by atoms with Crippen molar-refractivity contribution in [1.82, 2.24) is 14.5 Å². The van der Waals surface area contributed by atoms with Crippen LogP contribution in [0.2, 0.25) is 0 Å². The summed E-state index contributed by atoms with van der Waals surface area (Å²) in [6.45, 7) is 4.46. The third kappa shape index (κ3) is 5.32. The lowest BCUT2D eigenvalue weighted by Crippen LogP contribution is -2.45. The van der Waals surface area contributed by atoms with E-state index in [0.717, 1.165) is 31.5 Å². The zero-order valence-corrected chi connectivity index (χ0v) is 20.5. The summed E-state index contributed by atoms with van der Waals surface area (Å²) in [5, 5.41) is 0.448. The predicted molar refractivity (Wildman–Crippen MR) is 127 cm³/mol. The number of hydrogen-bond acceptors (Lipinski definition) is 7. The standard InChI is InChI=1S/C24H31N3O6S/c1-16(2)13-27(18-9-11-34(31,32)15-18)22(28)14-33-24(30)17-7-8-19-20(12-17)25-21-6-4-3-5-10-26(21)23(19)29/h7-8,12,16,18H,3-6,9-11,13-15H2,1-2H3. The van der Waals surface area contributed by atoms with E-state index in [9.17, 15) is 22.8 Å². The Balaban J connectivity index is 1.48. The molecule has 1 fully saturated rings. The fourth-order valence-electron chi connectivity index (χ4n) is 4.71. The number of ether oxygens (including phenoxy) is 1. The number of esters is 1. The van der Waals surface area contributed by atoms with Crippen LogP contribution in [0.1, 0.15) is 55.7 Å². The molecule has 0 radical (unpaired) electrons. The van der Waals surface area contributed by atoms with Crippen LogP contribution >= 0.6 is 0 Å². The van der Waals surface area contributed by atoms with Gasteiger partial charge in [0.2, 0.25) is 0 Å². The van der Waals surface area contributed by atoms with Gasteiger partial charge in [-0.3, -0.25) is 14.2 Å².